The van der Waals surface area contributed by atoms with Crippen LogP contribution in [0.25, 0.3) is 0 Å². The van der Waals surface area contributed by atoms with Gasteiger partial charge in [-0.05, 0) is 48.8 Å². The van der Waals surface area contributed by atoms with E-state index in [1.807, 2.05) is 0 Å². The first-order valence-corrected chi connectivity index (χ1v) is 10.7. The van der Waals surface area contributed by atoms with E-state index in [1.54, 1.807) is 24.3 Å². The Morgan fingerprint density at radius 3 is 2.69 bits per heavy atom. The molecule has 1 aliphatic rings. The molecule has 26 heavy (non-hydrogen) atoms. The summed E-state index contributed by atoms with van der Waals surface area (Å²) in [6.45, 7) is 6.59. The summed E-state index contributed by atoms with van der Waals surface area (Å²) in [5.41, 5.74) is 0.586. The van der Waals surface area contributed by atoms with Gasteiger partial charge in [0.15, 0.2) is 0 Å². The Kier molecular flexibility index (Phi) is 6.69. The molecule has 1 amide bonds. The van der Waals surface area contributed by atoms with E-state index < -0.39 is 10.0 Å². The Hall–Kier alpha value is -1.60. The van der Waals surface area contributed by atoms with Crippen LogP contribution < -0.4 is 14.8 Å². The third-order valence-electron chi connectivity index (χ3n) is 4.72. The van der Waals surface area contributed by atoms with Crippen LogP contribution in [0.5, 0.6) is 5.75 Å². The molecular weight excluding hydrogens is 352 g/mol. The van der Waals surface area contributed by atoms with Crippen molar-refractivity contribution in [1.82, 2.24) is 10.0 Å². The summed E-state index contributed by atoms with van der Waals surface area (Å²) in [5, 5.41) is 2.65. The maximum absolute atomic E-state index is 12.4. The summed E-state index contributed by atoms with van der Waals surface area (Å²) in [7, 11) is -1.90. The van der Waals surface area contributed by atoms with Gasteiger partial charge in [-0.15, -0.1) is 0 Å². The van der Waals surface area contributed by atoms with Gasteiger partial charge in [0.1, 0.15) is 5.75 Å². The number of sulfonamides is 1. The van der Waals surface area contributed by atoms with E-state index in [2.05, 4.69) is 30.8 Å². The lowest BCUT2D eigenvalue weighted by atomic mass is 9.71. The van der Waals surface area contributed by atoms with Crippen LogP contribution in [0.4, 0.5) is 0 Å². The summed E-state index contributed by atoms with van der Waals surface area (Å²) in [4.78, 5) is 12.1. The normalized spacial score (nSPS) is 22.6. The molecule has 6 nitrogen and oxygen atoms in total. The van der Waals surface area contributed by atoms with Crippen LogP contribution in [0.1, 0.15) is 50.4 Å². The summed E-state index contributed by atoms with van der Waals surface area (Å²) < 4.78 is 32.6. The second-order valence-electron chi connectivity index (χ2n) is 8.03. The van der Waals surface area contributed by atoms with E-state index >= 15 is 0 Å². The maximum Gasteiger partial charge on any atom is 0.251 e. The molecular formula is C19H30N2O4S. The Bertz CT molecular complexity index is 731. The third kappa shape index (κ3) is 6.29. The summed E-state index contributed by atoms with van der Waals surface area (Å²) in [5.74, 6) is 0.639. The van der Waals surface area contributed by atoms with E-state index in [-0.39, 0.29) is 29.7 Å². The highest BCUT2D eigenvalue weighted by Crippen LogP contribution is 2.38. The highest BCUT2D eigenvalue weighted by Gasteiger charge is 2.33. The first-order valence-electron chi connectivity index (χ1n) is 9.02. The van der Waals surface area contributed by atoms with Crippen molar-refractivity contribution in [2.24, 2.45) is 11.3 Å². The average molecular weight is 383 g/mol. The van der Waals surface area contributed by atoms with Crippen molar-refractivity contribution in [3.05, 3.63) is 29.8 Å². The molecule has 7 heteroatoms. The molecule has 0 radical (unpaired) electrons. The lowest BCUT2D eigenvalue weighted by Gasteiger charge is -2.39. The zero-order chi connectivity index (χ0) is 19.4. The minimum atomic E-state index is -3.43. The highest BCUT2D eigenvalue weighted by atomic mass is 32.2. The molecule has 0 unspecified atom stereocenters. The van der Waals surface area contributed by atoms with E-state index in [0.717, 1.165) is 19.3 Å². The van der Waals surface area contributed by atoms with Gasteiger partial charge in [0.2, 0.25) is 10.0 Å². The fourth-order valence-electron chi connectivity index (χ4n) is 3.91. The zero-order valence-electron chi connectivity index (χ0n) is 16.0. The van der Waals surface area contributed by atoms with Crippen LogP contribution in [0, 0.1) is 11.3 Å². The van der Waals surface area contributed by atoms with Crippen molar-refractivity contribution in [2.45, 2.75) is 46.1 Å². The molecule has 2 N–H and O–H groups in total. The maximum atomic E-state index is 12.4. The molecule has 0 saturated heterocycles. The minimum Gasteiger partial charge on any atom is -0.497 e. The number of carbonyl (C=O) groups is 1. The minimum absolute atomic E-state index is 0.0344. The van der Waals surface area contributed by atoms with Gasteiger partial charge in [-0.2, -0.15) is 0 Å². The second-order valence-corrected chi connectivity index (χ2v) is 9.91. The van der Waals surface area contributed by atoms with E-state index in [9.17, 15) is 13.2 Å². The lowest BCUT2D eigenvalue weighted by molar-refractivity contribution is 0.0955. The number of amides is 1. The van der Waals surface area contributed by atoms with Crippen LogP contribution in [-0.2, 0) is 10.0 Å². The number of hydrogen-bond acceptors (Lipinski definition) is 4. The van der Waals surface area contributed by atoms with Crippen LogP contribution >= 0.6 is 0 Å². The molecule has 0 spiro atoms. The Morgan fingerprint density at radius 2 is 2.04 bits per heavy atom. The monoisotopic (exact) mass is 382 g/mol. The van der Waals surface area contributed by atoms with Crippen molar-refractivity contribution in [3.8, 4) is 5.75 Å². The Labute approximate surface area is 156 Å². The summed E-state index contributed by atoms with van der Waals surface area (Å²) in [6, 6.07) is 6.72. The molecule has 1 aliphatic carbocycles. The molecule has 1 saturated carbocycles. The fourth-order valence-corrected chi connectivity index (χ4v) is 5.09. The van der Waals surface area contributed by atoms with E-state index in [0.29, 0.717) is 17.2 Å². The molecule has 1 fully saturated rings. The molecule has 0 aromatic heterocycles. The number of ether oxygens (including phenoxy) is 1. The number of nitrogens with one attached hydrogen (secondary N) is 2. The van der Waals surface area contributed by atoms with Crippen LogP contribution in [0.2, 0.25) is 0 Å². The Balaban J connectivity index is 1.85. The molecule has 0 bridgehead atoms. The standard InChI is InChI=1S/C19H30N2O4S/c1-14-10-16(13-19(2,3)12-14)21-26(23,24)9-8-20-18(22)15-6-5-7-17(11-15)25-4/h5-7,11,14,16,21H,8-10,12-13H2,1-4H3,(H,20,22)/t14-,16+/m0/s1. The fraction of sp³-hybridized carbons (Fsp3) is 0.632. The molecule has 2 atom stereocenters. The van der Waals surface area contributed by atoms with Gasteiger partial charge in [-0.3, -0.25) is 4.79 Å². The summed E-state index contributed by atoms with van der Waals surface area (Å²) >= 11 is 0. The van der Waals surface area contributed by atoms with Crippen molar-refractivity contribution in [2.75, 3.05) is 19.4 Å². The first kappa shape index (κ1) is 20.7. The predicted octanol–water partition coefficient (Wildman–Crippen LogP) is 2.56. The molecule has 0 aliphatic heterocycles. The number of methoxy groups -OCH3 is 1. The van der Waals surface area contributed by atoms with Crippen LogP contribution in [0.15, 0.2) is 24.3 Å². The topological polar surface area (TPSA) is 84.5 Å². The summed E-state index contributed by atoms with van der Waals surface area (Å²) in [6.07, 6.45) is 2.81. The van der Waals surface area contributed by atoms with Crippen molar-refractivity contribution < 1.29 is 17.9 Å². The molecule has 2 rings (SSSR count). The van der Waals surface area contributed by atoms with Gasteiger partial charge < -0.3 is 10.1 Å². The zero-order valence-corrected chi connectivity index (χ0v) is 16.9. The van der Waals surface area contributed by atoms with Crippen molar-refractivity contribution in [3.63, 3.8) is 0 Å². The number of carbonyl (C=O) groups excluding carboxylic acids is 1. The quantitative estimate of drug-likeness (QED) is 0.759. The van der Waals surface area contributed by atoms with Gasteiger partial charge in [0.25, 0.3) is 5.91 Å². The van der Waals surface area contributed by atoms with E-state index in [4.69, 9.17) is 4.74 Å². The lowest BCUT2D eigenvalue weighted by Crippen LogP contribution is -2.45. The molecule has 0 heterocycles. The van der Waals surface area contributed by atoms with Crippen LogP contribution in [0.3, 0.4) is 0 Å². The van der Waals surface area contributed by atoms with Gasteiger partial charge in [0.05, 0.1) is 12.9 Å². The van der Waals surface area contributed by atoms with Crippen LogP contribution in [-0.4, -0.2) is 39.8 Å². The second kappa shape index (κ2) is 8.39. The highest BCUT2D eigenvalue weighted by molar-refractivity contribution is 7.89. The largest absolute Gasteiger partial charge is 0.497 e. The van der Waals surface area contributed by atoms with Gasteiger partial charge in [-0.25, -0.2) is 13.1 Å². The Morgan fingerprint density at radius 1 is 1.31 bits per heavy atom. The van der Waals surface area contributed by atoms with Gasteiger partial charge in [-0.1, -0.05) is 26.8 Å². The van der Waals surface area contributed by atoms with Gasteiger partial charge in [0, 0.05) is 18.2 Å². The first-order chi connectivity index (χ1) is 12.1. The van der Waals surface area contributed by atoms with Crippen molar-refractivity contribution in [1.29, 1.82) is 0 Å². The average Bonchev–Trinajstić information content (AvgIpc) is 2.52. The SMILES string of the molecule is COc1cccc(C(=O)NCCS(=O)(=O)N[C@@H]2C[C@H](C)CC(C)(C)C2)c1. The number of hydrogen-bond donors (Lipinski definition) is 2. The third-order valence-corrected chi connectivity index (χ3v) is 6.16. The number of rotatable bonds is 7. The molecule has 1 aromatic rings. The predicted molar refractivity (Wildman–Crippen MR) is 103 cm³/mol. The van der Waals surface area contributed by atoms with E-state index in [1.165, 1.54) is 7.11 Å². The molecule has 1 aromatic carbocycles. The van der Waals surface area contributed by atoms with Gasteiger partial charge >= 0.3 is 0 Å². The smallest absolute Gasteiger partial charge is 0.251 e. The van der Waals surface area contributed by atoms with Crippen molar-refractivity contribution >= 4 is 15.9 Å². The number of benzene rings is 1. The molecule has 146 valence electrons.